The fraction of sp³-hybridized carbons (Fsp3) is 0. The smallest absolute Gasteiger partial charge is 0.123 e. The Bertz CT molecular complexity index is 2880. The van der Waals surface area contributed by atoms with Crippen molar-refractivity contribution < 1.29 is 0 Å². The molecule has 6 aromatic heterocycles. The third-order valence-corrected chi connectivity index (χ3v) is 10.0. The highest BCUT2D eigenvalue weighted by atomic mass is 15.2. The fourth-order valence-electron chi connectivity index (χ4n) is 7.98. The quantitative estimate of drug-likeness (QED) is 0.192. The minimum absolute atomic E-state index is 0.865. The minimum Gasteiger partial charge on any atom is -0.296 e. The van der Waals surface area contributed by atoms with E-state index in [1.54, 1.807) is 0 Å². The van der Waals surface area contributed by atoms with Crippen LogP contribution >= 0.6 is 0 Å². The molecule has 0 aliphatic heterocycles. The van der Waals surface area contributed by atoms with Gasteiger partial charge in [-0.25, -0.2) is 0 Å². The predicted octanol–water partition coefficient (Wildman–Crippen LogP) is 10.6. The first-order valence-corrected chi connectivity index (χ1v) is 16.8. The van der Waals surface area contributed by atoms with Gasteiger partial charge in [0.05, 0.1) is 27.6 Å². The van der Waals surface area contributed by atoms with Gasteiger partial charge in [0.2, 0.25) is 0 Å². The summed E-state index contributed by atoms with van der Waals surface area (Å²) in [5.41, 5.74) is 10.4. The molecule has 0 aliphatic carbocycles. The maximum Gasteiger partial charge on any atom is 0.123 e. The molecule has 0 fully saturated rings. The van der Waals surface area contributed by atoms with Gasteiger partial charge in [0.1, 0.15) is 28.2 Å². The molecule has 0 amide bonds. The van der Waals surface area contributed by atoms with Gasteiger partial charge in [-0.2, -0.15) is 0 Å². The van der Waals surface area contributed by atoms with E-state index in [9.17, 15) is 0 Å². The van der Waals surface area contributed by atoms with Crippen LogP contribution in [0.5, 0.6) is 0 Å². The predicted molar refractivity (Wildman–Crippen MR) is 204 cm³/mol. The van der Waals surface area contributed by atoms with Gasteiger partial charge in [0.25, 0.3) is 0 Å². The Morgan fingerprint density at radius 3 is 1.52 bits per heavy atom. The van der Waals surface area contributed by atoms with Crippen LogP contribution < -0.4 is 0 Å². The summed E-state index contributed by atoms with van der Waals surface area (Å²) in [4.78, 5) is 10.2. The second kappa shape index (κ2) is 10.3. The zero-order valence-corrected chi connectivity index (χ0v) is 26.8. The summed E-state index contributed by atoms with van der Waals surface area (Å²) in [5.74, 6) is 2.09. The van der Waals surface area contributed by atoms with Gasteiger partial charge in [0, 0.05) is 45.3 Å². The first-order chi connectivity index (χ1) is 24.8. The molecule has 0 unspecified atom stereocenters. The molecule has 0 spiro atoms. The van der Waals surface area contributed by atoms with Crippen molar-refractivity contribution in [2.75, 3.05) is 0 Å². The van der Waals surface area contributed by atoms with Crippen LogP contribution in [0.15, 0.2) is 170 Å². The molecule has 0 saturated heterocycles. The lowest BCUT2D eigenvalue weighted by molar-refractivity contribution is 0.986. The molecule has 5 aromatic carbocycles. The van der Waals surface area contributed by atoms with Crippen LogP contribution in [-0.2, 0) is 0 Å². The number of nitrogens with zero attached hydrogens (tertiary/aromatic N) is 6. The van der Waals surface area contributed by atoms with Crippen molar-refractivity contribution in [1.29, 1.82) is 0 Å². The number of para-hydroxylation sites is 5. The third kappa shape index (κ3) is 3.67. The van der Waals surface area contributed by atoms with Crippen LogP contribution in [0.25, 0.3) is 88.7 Å². The highest BCUT2D eigenvalue weighted by Crippen LogP contribution is 2.42. The number of benzene rings is 5. The van der Waals surface area contributed by atoms with Crippen LogP contribution in [-0.4, -0.2) is 28.2 Å². The van der Waals surface area contributed by atoms with Crippen molar-refractivity contribution in [3.05, 3.63) is 170 Å². The summed E-state index contributed by atoms with van der Waals surface area (Å²) < 4.78 is 9.55. The van der Waals surface area contributed by atoms with E-state index >= 15 is 0 Å². The third-order valence-electron chi connectivity index (χ3n) is 10.0. The maximum atomic E-state index is 5.21. The van der Waals surface area contributed by atoms with Gasteiger partial charge in [-0.1, -0.05) is 91.0 Å². The van der Waals surface area contributed by atoms with Crippen molar-refractivity contribution >= 4 is 65.7 Å². The molecule has 0 radical (unpaired) electrons. The van der Waals surface area contributed by atoms with Crippen molar-refractivity contribution in [2.45, 2.75) is 0 Å². The topological polar surface area (TPSA) is 45.5 Å². The normalized spacial score (nSPS) is 12.0. The van der Waals surface area contributed by atoms with E-state index in [2.05, 4.69) is 170 Å². The van der Waals surface area contributed by atoms with Crippen molar-refractivity contribution in [1.82, 2.24) is 28.2 Å². The molecule has 6 heteroatoms. The van der Waals surface area contributed by atoms with E-state index in [1.807, 2.05) is 18.5 Å². The highest BCUT2D eigenvalue weighted by molar-refractivity contribution is 6.21. The second-order valence-electron chi connectivity index (χ2n) is 12.7. The molecule has 0 aliphatic rings. The van der Waals surface area contributed by atoms with E-state index < -0.39 is 0 Å². The van der Waals surface area contributed by atoms with Crippen molar-refractivity contribution in [3.63, 3.8) is 0 Å². The highest BCUT2D eigenvalue weighted by Gasteiger charge is 2.26. The molecular formula is C44H28N6. The largest absolute Gasteiger partial charge is 0.296 e. The Hall–Kier alpha value is -6.92. The molecular weight excluding hydrogens is 613 g/mol. The molecule has 11 rings (SSSR count). The summed E-state index contributed by atoms with van der Waals surface area (Å²) in [6.07, 6.45) is 3.91. The Morgan fingerprint density at radius 2 is 0.880 bits per heavy atom. The number of rotatable bonds is 4. The first kappa shape index (κ1) is 27.1. The summed E-state index contributed by atoms with van der Waals surface area (Å²) in [7, 11) is 0. The molecule has 0 N–H and O–H groups in total. The number of aromatic nitrogens is 6. The Morgan fingerprint density at radius 1 is 0.360 bits per heavy atom. The van der Waals surface area contributed by atoms with Crippen LogP contribution in [0, 0.1) is 0 Å². The molecule has 234 valence electrons. The van der Waals surface area contributed by atoms with Gasteiger partial charge in [0.15, 0.2) is 0 Å². The summed E-state index contributed by atoms with van der Waals surface area (Å²) in [6.45, 7) is 0. The van der Waals surface area contributed by atoms with Gasteiger partial charge in [-0.3, -0.25) is 28.2 Å². The molecule has 0 atom stereocenters. The van der Waals surface area contributed by atoms with Gasteiger partial charge in [-0.05, 0) is 66.7 Å². The lowest BCUT2D eigenvalue weighted by atomic mass is 10.2. The Kier molecular flexibility index (Phi) is 5.57. The minimum atomic E-state index is 0.865. The van der Waals surface area contributed by atoms with Gasteiger partial charge < -0.3 is 0 Å². The molecule has 6 heterocycles. The zero-order valence-electron chi connectivity index (χ0n) is 26.8. The summed E-state index contributed by atoms with van der Waals surface area (Å²) in [5, 5.41) is 4.57. The average molecular weight is 641 g/mol. The maximum absolute atomic E-state index is 5.21. The fourth-order valence-corrected chi connectivity index (χ4v) is 7.98. The first-order valence-electron chi connectivity index (χ1n) is 16.8. The molecule has 0 bridgehead atoms. The monoisotopic (exact) mass is 640 g/mol. The van der Waals surface area contributed by atoms with Gasteiger partial charge in [-0.15, -0.1) is 0 Å². The molecule has 11 aromatic rings. The Labute approximate surface area is 286 Å². The van der Waals surface area contributed by atoms with Gasteiger partial charge >= 0.3 is 0 Å². The number of pyridine rings is 2. The Balaban J connectivity index is 1.38. The zero-order chi connectivity index (χ0) is 32.8. The molecule has 50 heavy (non-hydrogen) atoms. The lowest BCUT2D eigenvalue weighted by Crippen LogP contribution is -2.07. The SMILES string of the molecule is c1ccc(-n2c(-n3c4ccccc4c4cnc5c6ncccc6n(-c6cc7ccccc7n6-c6ccccc6)c5c43)cc3ccccc32)cc1. The number of fused-ring (bicyclic) bond motifs is 9. The van der Waals surface area contributed by atoms with Crippen LogP contribution in [0.2, 0.25) is 0 Å². The lowest BCUT2D eigenvalue weighted by Gasteiger charge is -2.16. The van der Waals surface area contributed by atoms with Crippen molar-refractivity contribution in [2.24, 2.45) is 0 Å². The summed E-state index contributed by atoms with van der Waals surface area (Å²) >= 11 is 0. The van der Waals surface area contributed by atoms with E-state index in [0.29, 0.717) is 0 Å². The van der Waals surface area contributed by atoms with Crippen molar-refractivity contribution in [3.8, 4) is 23.0 Å². The van der Waals surface area contributed by atoms with Crippen LogP contribution in [0.1, 0.15) is 0 Å². The van der Waals surface area contributed by atoms with E-state index in [4.69, 9.17) is 9.97 Å². The number of hydrogen-bond acceptors (Lipinski definition) is 2. The molecule has 6 nitrogen and oxygen atoms in total. The van der Waals surface area contributed by atoms with E-state index in [1.165, 1.54) is 5.39 Å². The molecule has 0 saturated carbocycles. The van der Waals surface area contributed by atoms with Crippen LogP contribution in [0.4, 0.5) is 0 Å². The average Bonchev–Trinajstić information content (AvgIpc) is 3.93. The standard InChI is InChI=1S/C44H28N6/c1-3-16-31(17-4-1)47-35-21-10-7-14-29(35)26-39(47)49-37-23-12-9-20-33(37)34-28-46-42-41-38(24-13-25-45-41)50(44(42)43(34)49)40-27-30-15-8-11-22-36(30)48(40)32-18-5-2-6-19-32/h1-28H. The summed E-state index contributed by atoms with van der Waals surface area (Å²) in [6, 6.07) is 55.9. The van der Waals surface area contributed by atoms with E-state index in [0.717, 1.165) is 83.3 Å². The second-order valence-corrected chi connectivity index (χ2v) is 12.7. The van der Waals surface area contributed by atoms with E-state index in [-0.39, 0.29) is 0 Å². The number of hydrogen-bond donors (Lipinski definition) is 0. The van der Waals surface area contributed by atoms with Crippen LogP contribution in [0.3, 0.4) is 0 Å².